The van der Waals surface area contributed by atoms with Crippen LogP contribution in [-0.4, -0.2) is 72.7 Å². The summed E-state index contributed by atoms with van der Waals surface area (Å²) in [6.45, 7) is 2.13. The Balaban J connectivity index is 2.11. The van der Waals surface area contributed by atoms with Gasteiger partial charge in [-0.1, -0.05) is 6.07 Å². The summed E-state index contributed by atoms with van der Waals surface area (Å²) in [6.07, 6.45) is 0.698. The Morgan fingerprint density at radius 3 is 2.73 bits per heavy atom. The predicted molar refractivity (Wildman–Crippen MR) is 81.8 cm³/mol. The summed E-state index contributed by atoms with van der Waals surface area (Å²) < 4.78 is 25.0. The van der Waals surface area contributed by atoms with E-state index in [1.54, 1.807) is 25.3 Å². The van der Waals surface area contributed by atoms with Gasteiger partial charge in [-0.25, -0.2) is 12.7 Å². The number of β-amino-alcohol motifs (C(OH)–C–C–N with tert-alkyl or cyclic N) is 1. The van der Waals surface area contributed by atoms with E-state index in [0.29, 0.717) is 5.69 Å². The molecule has 2 atom stereocenters. The third kappa shape index (κ3) is 3.45. The van der Waals surface area contributed by atoms with Crippen LogP contribution < -0.4 is 0 Å². The first-order valence-electron chi connectivity index (χ1n) is 7.01. The predicted octanol–water partition coefficient (Wildman–Crippen LogP) is -0.286. The molecule has 1 aromatic rings. The highest BCUT2D eigenvalue weighted by Gasteiger charge is 2.38. The van der Waals surface area contributed by atoms with Crippen LogP contribution in [-0.2, 0) is 10.0 Å². The minimum atomic E-state index is -3.42. The van der Waals surface area contributed by atoms with Crippen LogP contribution in [0.3, 0.4) is 0 Å². The van der Waals surface area contributed by atoms with E-state index in [2.05, 4.69) is 4.98 Å². The average Bonchev–Trinajstić information content (AvgIpc) is 2.79. The maximum atomic E-state index is 12.5. The van der Waals surface area contributed by atoms with Crippen molar-refractivity contribution < 1.29 is 18.3 Å². The van der Waals surface area contributed by atoms with Crippen LogP contribution in [0.4, 0.5) is 0 Å². The number of carbonyl (C=O) groups excluding carboxylic acids is 1. The molecule has 0 bridgehead atoms. The number of amides is 1. The average molecular weight is 327 g/mol. The summed E-state index contributed by atoms with van der Waals surface area (Å²) in [4.78, 5) is 18.0. The number of carbonyl (C=O) groups is 1. The van der Waals surface area contributed by atoms with Gasteiger partial charge in [0.05, 0.1) is 11.9 Å². The number of hydrogen-bond donors (Lipinski definition) is 1. The molecule has 1 fully saturated rings. The van der Waals surface area contributed by atoms with Crippen molar-refractivity contribution in [3.63, 3.8) is 0 Å². The Hall–Kier alpha value is -1.51. The van der Waals surface area contributed by atoms with Gasteiger partial charge in [-0.2, -0.15) is 0 Å². The SMILES string of the molecule is Cc1cccnc1C(=O)N1C[C@@H](CS(=O)(=O)N(C)C)[C@@H](O)C1. The number of aliphatic hydroxyl groups is 1. The molecule has 0 aliphatic carbocycles. The molecule has 7 nitrogen and oxygen atoms in total. The number of rotatable bonds is 4. The van der Waals surface area contributed by atoms with Crippen molar-refractivity contribution in [1.29, 1.82) is 0 Å². The van der Waals surface area contributed by atoms with Crippen molar-refractivity contribution in [3.05, 3.63) is 29.6 Å². The largest absolute Gasteiger partial charge is 0.391 e. The molecule has 1 saturated heterocycles. The molecule has 0 unspecified atom stereocenters. The highest BCUT2D eigenvalue weighted by molar-refractivity contribution is 7.89. The van der Waals surface area contributed by atoms with E-state index < -0.39 is 22.0 Å². The zero-order valence-electron chi connectivity index (χ0n) is 12.9. The standard InChI is InChI=1S/C14H21N3O4S/c1-10-5-4-6-15-13(10)14(19)17-7-11(12(18)8-17)9-22(20,21)16(2)3/h4-6,11-12,18H,7-9H2,1-3H3/t11-,12-/m0/s1. The van der Waals surface area contributed by atoms with Crippen molar-refractivity contribution >= 4 is 15.9 Å². The quantitative estimate of drug-likeness (QED) is 0.821. The van der Waals surface area contributed by atoms with Gasteiger partial charge in [0.1, 0.15) is 5.69 Å². The molecule has 1 N–H and O–H groups in total. The molecule has 0 saturated carbocycles. The molecule has 0 radical (unpaired) electrons. The molecule has 2 rings (SSSR count). The van der Waals surface area contributed by atoms with E-state index in [9.17, 15) is 18.3 Å². The first-order valence-corrected chi connectivity index (χ1v) is 8.62. The summed E-state index contributed by atoms with van der Waals surface area (Å²) in [5.41, 5.74) is 1.09. The van der Waals surface area contributed by atoms with Gasteiger partial charge in [0, 0.05) is 39.3 Å². The summed E-state index contributed by atoms with van der Waals surface area (Å²) in [6, 6.07) is 3.54. The lowest BCUT2D eigenvalue weighted by Gasteiger charge is -2.18. The lowest BCUT2D eigenvalue weighted by molar-refractivity contribution is 0.0758. The van der Waals surface area contributed by atoms with Crippen molar-refractivity contribution in [2.24, 2.45) is 5.92 Å². The van der Waals surface area contributed by atoms with Gasteiger partial charge >= 0.3 is 0 Å². The lowest BCUT2D eigenvalue weighted by Crippen LogP contribution is -2.34. The van der Waals surface area contributed by atoms with Crippen LogP contribution in [0.25, 0.3) is 0 Å². The smallest absolute Gasteiger partial charge is 0.272 e. The number of aryl methyl sites for hydroxylation is 1. The second-order valence-corrected chi connectivity index (χ2v) is 7.99. The Morgan fingerprint density at radius 2 is 2.14 bits per heavy atom. The third-order valence-electron chi connectivity index (χ3n) is 3.89. The van der Waals surface area contributed by atoms with Crippen LogP contribution >= 0.6 is 0 Å². The number of pyridine rings is 1. The minimum Gasteiger partial charge on any atom is -0.391 e. The molecule has 1 aromatic heterocycles. The molecule has 8 heteroatoms. The third-order valence-corrected chi connectivity index (χ3v) is 5.85. The van der Waals surface area contributed by atoms with Crippen molar-refractivity contribution in [3.8, 4) is 0 Å². The van der Waals surface area contributed by atoms with Crippen molar-refractivity contribution in [2.75, 3.05) is 32.9 Å². The van der Waals surface area contributed by atoms with E-state index in [-0.39, 0.29) is 24.7 Å². The van der Waals surface area contributed by atoms with Crippen molar-refractivity contribution in [1.82, 2.24) is 14.2 Å². The number of aromatic nitrogens is 1. The number of sulfonamides is 1. The Morgan fingerprint density at radius 1 is 1.45 bits per heavy atom. The molecule has 1 aliphatic rings. The Kier molecular flexibility index (Phi) is 4.84. The summed E-state index contributed by atoms with van der Waals surface area (Å²) >= 11 is 0. The van der Waals surface area contributed by atoms with E-state index in [4.69, 9.17) is 0 Å². The van der Waals surface area contributed by atoms with Crippen LogP contribution in [0.5, 0.6) is 0 Å². The molecule has 22 heavy (non-hydrogen) atoms. The molecule has 1 amide bonds. The fraction of sp³-hybridized carbons (Fsp3) is 0.571. The number of hydrogen-bond acceptors (Lipinski definition) is 5. The summed E-state index contributed by atoms with van der Waals surface area (Å²) in [7, 11) is -0.506. The Labute approximate surface area is 130 Å². The second kappa shape index (κ2) is 6.31. The van der Waals surface area contributed by atoms with Gasteiger partial charge in [0.15, 0.2) is 0 Å². The van der Waals surface area contributed by atoms with Gasteiger partial charge in [-0.3, -0.25) is 9.78 Å². The van der Waals surface area contributed by atoms with E-state index in [1.807, 2.05) is 0 Å². The van der Waals surface area contributed by atoms with Crippen LogP contribution in [0.2, 0.25) is 0 Å². The summed E-state index contributed by atoms with van der Waals surface area (Å²) in [5.74, 6) is -0.936. The second-order valence-electron chi connectivity index (χ2n) is 5.77. The monoisotopic (exact) mass is 327 g/mol. The summed E-state index contributed by atoms with van der Waals surface area (Å²) in [5, 5.41) is 10.1. The van der Waals surface area contributed by atoms with Gasteiger partial charge in [-0.05, 0) is 18.6 Å². The van der Waals surface area contributed by atoms with Gasteiger partial charge < -0.3 is 10.0 Å². The van der Waals surface area contributed by atoms with Gasteiger partial charge in [0.25, 0.3) is 5.91 Å². The van der Waals surface area contributed by atoms with Crippen LogP contribution in [0.15, 0.2) is 18.3 Å². The Bertz CT molecular complexity index is 660. The normalized spacial score (nSPS) is 22.3. The highest BCUT2D eigenvalue weighted by Crippen LogP contribution is 2.22. The number of aliphatic hydroxyl groups excluding tert-OH is 1. The highest BCUT2D eigenvalue weighted by atomic mass is 32.2. The zero-order chi connectivity index (χ0) is 16.5. The minimum absolute atomic E-state index is 0.127. The lowest BCUT2D eigenvalue weighted by atomic mass is 10.1. The number of nitrogens with zero attached hydrogens (tertiary/aromatic N) is 3. The first-order chi connectivity index (χ1) is 10.2. The fourth-order valence-electron chi connectivity index (χ4n) is 2.46. The maximum Gasteiger partial charge on any atom is 0.272 e. The number of likely N-dealkylation sites (tertiary alicyclic amines) is 1. The van der Waals surface area contributed by atoms with Crippen LogP contribution in [0.1, 0.15) is 16.1 Å². The van der Waals surface area contributed by atoms with Crippen LogP contribution in [0, 0.1) is 12.8 Å². The van der Waals surface area contributed by atoms with Crippen molar-refractivity contribution in [2.45, 2.75) is 13.0 Å². The molecule has 1 aliphatic heterocycles. The molecule has 0 spiro atoms. The molecule has 122 valence electrons. The van der Waals surface area contributed by atoms with Gasteiger partial charge in [0.2, 0.25) is 10.0 Å². The molecular weight excluding hydrogens is 306 g/mol. The topological polar surface area (TPSA) is 90.8 Å². The maximum absolute atomic E-state index is 12.5. The van der Waals surface area contributed by atoms with E-state index in [1.165, 1.54) is 19.0 Å². The molecular formula is C14H21N3O4S. The molecule has 0 aromatic carbocycles. The van der Waals surface area contributed by atoms with E-state index in [0.717, 1.165) is 9.87 Å². The van der Waals surface area contributed by atoms with Gasteiger partial charge in [-0.15, -0.1) is 0 Å². The zero-order valence-corrected chi connectivity index (χ0v) is 13.7. The van der Waals surface area contributed by atoms with E-state index >= 15 is 0 Å². The first kappa shape index (κ1) is 16.9. The fourth-order valence-corrected chi connectivity index (χ4v) is 3.63. The molecule has 2 heterocycles.